The maximum absolute atomic E-state index is 12.0. The molecule has 0 aromatic rings. The quantitative estimate of drug-likeness (QED) is 0.735. The first-order valence-corrected chi connectivity index (χ1v) is 7.00. The molecule has 0 aliphatic heterocycles. The number of nitrogens with one attached hydrogen (secondary N) is 1. The summed E-state index contributed by atoms with van der Waals surface area (Å²) in [6, 6.07) is -0.348. The Kier molecular flexibility index (Phi) is 7.27. The van der Waals surface area contributed by atoms with E-state index in [-0.39, 0.29) is 23.1 Å². The fraction of sp³-hybridized carbons (Fsp3) is 0.833. The second kappa shape index (κ2) is 7.58. The van der Waals surface area contributed by atoms with Crippen LogP contribution in [0, 0.1) is 11.8 Å². The number of hydrogen-bond acceptors (Lipinski definition) is 3. The summed E-state index contributed by atoms with van der Waals surface area (Å²) in [5.41, 5.74) is 0. The Hall–Kier alpha value is -0.710. The molecule has 3 unspecified atom stereocenters. The largest absolute Gasteiger partial charge is 0.481 e. The Balaban J connectivity index is 4.44. The lowest BCUT2D eigenvalue weighted by Crippen LogP contribution is -2.45. The molecule has 0 radical (unpaired) electrons. The number of thioether (sulfide) groups is 1. The summed E-state index contributed by atoms with van der Waals surface area (Å²) in [5, 5.41) is 11.5. The lowest BCUT2D eigenvalue weighted by atomic mass is 10.0. The third kappa shape index (κ3) is 5.44. The zero-order valence-electron chi connectivity index (χ0n) is 11.2. The van der Waals surface area contributed by atoms with Crippen molar-refractivity contribution in [2.75, 3.05) is 5.75 Å². The number of hydrogen-bond donors (Lipinski definition) is 2. The predicted molar refractivity (Wildman–Crippen MR) is 71.2 cm³/mol. The van der Waals surface area contributed by atoms with Crippen molar-refractivity contribution in [1.82, 2.24) is 5.32 Å². The lowest BCUT2D eigenvalue weighted by molar-refractivity contribution is -0.142. The minimum atomic E-state index is -0.887. The second-order valence-electron chi connectivity index (χ2n) is 4.54. The van der Waals surface area contributed by atoms with Gasteiger partial charge in [-0.3, -0.25) is 9.59 Å². The monoisotopic (exact) mass is 261 g/mol. The summed E-state index contributed by atoms with van der Waals surface area (Å²) in [6.07, 6.45) is 0. The van der Waals surface area contributed by atoms with Crippen molar-refractivity contribution in [3.05, 3.63) is 0 Å². The fourth-order valence-corrected chi connectivity index (χ4v) is 2.36. The van der Waals surface area contributed by atoms with Crippen LogP contribution < -0.4 is 5.32 Å². The van der Waals surface area contributed by atoms with Crippen molar-refractivity contribution in [1.29, 1.82) is 0 Å². The molecule has 5 heteroatoms. The molecule has 0 aliphatic rings. The summed E-state index contributed by atoms with van der Waals surface area (Å²) in [5.74, 6) is -0.403. The molecular weight excluding hydrogens is 238 g/mol. The number of carboxylic acid groups (broad SMARTS) is 1. The predicted octanol–water partition coefficient (Wildman–Crippen LogP) is 1.99. The number of carbonyl (C=O) groups excluding carboxylic acids is 1. The third-order valence-electron chi connectivity index (χ3n) is 2.72. The highest BCUT2D eigenvalue weighted by molar-refractivity contribution is 8.00. The van der Waals surface area contributed by atoms with Crippen LogP contribution in [0.1, 0.15) is 34.6 Å². The van der Waals surface area contributed by atoms with Crippen molar-refractivity contribution in [3.63, 3.8) is 0 Å². The highest BCUT2D eigenvalue weighted by atomic mass is 32.2. The van der Waals surface area contributed by atoms with Gasteiger partial charge in [-0.1, -0.05) is 20.8 Å². The molecule has 0 rings (SSSR count). The average Bonchev–Trinajstić information content (AvgIpc) is 2.23. The maximum atomic E-state index is 12.0. The van der Waals surface area contributed by atoms with E-state index >= 15 is 0 Å². The van der Waals surface area contributed by atoms with Crippen LogP contribution in [0.3, 0.4) is 0 Å². The van der Waals surface area contributed by atoms with Gasteiger partial charge in [-0.25, -0.2) is 0 Å². The smallest absolute Gasteiger partial charge is 0.308 e. The molecule has 0 saturated heterocycles. The van der Waals surface area contributed by atoms with Gasteiger partial charge in [0.15, 0.2) is 0 Å². The average molecular weight is 261 g/mol. The minimum absolute atomic E-state index is 0.0625. The van der Waals surface area contributed by atoms with E-state index in [0.717, 1.165) is 5.75 Å². The van der Waals surface area contributed by atoms with Gasteiger partial charge in [0.2, 0.25) is 5.91 Å². The van der Waals surface area contributed by atoms with Gasteiger partial charge in [0.25, 0.3) is 0 Å². The van der Waals surface area contributed by atoms with Crippen molar-refractivity contribution < 1.29 is 14.7 Å². The van der Waals surface area contributed by atoms with Crippen LogP contribution in [0.4, 0.5) is 0 Å². The van der Waals surface area contributed by atoms with E-state index in [1.807, 2.05) is 20.8 Å². The first-order chi connectivity index (χ1) is 7.81. The van der Waals surface area contributed by atoms with E-state index in [1.54, 1.807) is 25.6 Å². The first kappa shape index (κ1) is 16.3. The molecular formula is C12H23NO3S. The van der Waals surface area contributed by atoms with Crippen LogP contribution in [0.15, 0.2) is 0 Å². The first-order valence-electron chi connectivity index (χ1n) is 5.96. The normalized spacial score (nSPS) is 16.4. The van der Waals surface area contributed by atoms with Crippen LogP contribution in [0.2, 0.25) is 0 Å². The SMILES string of the molecule is CCSC(C(=O)NC(C)C(C)C(=O)O)C(C)C. The van der Waals surface area contributed by atoms with Gasteiger partial charge < -0.3 is 10.4 Å². The molecule has 0 aromatic heterocycles. The molecule has 0 aliphatic carbocycles. The zero-order chi connectivity index (χ0) is 13.6. The fourth-order valence-electron chi connectivity index (χ4n) is 1.40. The molecule has 17 heavy (non-hydrogen) atoms. The van der Waals surface area contributed by atoms with E-state index in [1.165, 1.54) is 0 Å². The number of carboxylic acids is 1. The number of carbonyl (C=O) groups is 2. The molecule has 4 nitrogen and oxygen atoms in total. The van der Waals surface area contributed by atoms with Crippen LogP contribution in [0.25, 0.3) is 0 Å². The Morgan fingerprint density at radius 2 is 1.76 bits per heavy atom. The molecule has 0 heterocycles. The second-order valence-corrected chi connectivity index (χ2v) is 5.96. The Morgan fingerprint density at radius 1 is 1.24 bits per heavy atom. The molecule has 3 atom stereocenters. The van der Waals surface area contributed by atoms with E-state index < -0.39 is 11.9 Å². The third-order valence-corrected chi connectivity index (χ3v) is 4.17. The number of rotatable bonds is 7. The van der Waals surface area contributed by atoms with Gasteiger partial charge >= 0.3 is 5.97 Å². The maximum Gasteiger partial charge on any atom is 0.308 e. The molecule has 0 fully saturated rings. The summed E-state index contributed by atoms with van der Waals surface area (Å²) in [7, 11) is 0. The highest BCUT2D eigenvalue weighted by Crippen LogP contribution is 2.19. The summed E-state index contributed by atoms with van der Waals surface area (Å²) in [6.45, 7) is 9.34. The van der Waals surface area contributed by atoms with Gasteiger partial charge in [0.05, 0.1) is 11.2 Å². The van der Waals surface area contributed by atoms with Crippen LogP contribution in [0.5, 0.6) is 0 Å². The van der Waals surface area contributed by atoms with Gasteiger partial charge in [-0.2, -0.15) is 0 Å². The summed E-state index contributed by atoms with van der Waals surface area (Å²) < 4.78 is 0. The number of aliphatic carboxylic acids is 1. The molecule has 0 aromatic carbocycles. The van der Waals surface area contributed by atoms with Gasteiger partial charge in [-0.05, 0) is 25.5 Å². The standard InChI is InChI=1S/C12H23NO3S/c1-6-17-10(7(2)3)11(14)13-9(5)8(4)12(15)16/h7-10H,6H2,1-5H3,(H,13,14)(H,15,16). The molecule has 0 bridgehead atoms. The Bertz CT molecular complexity index is 268. The van der Waals surface area contributed by atoms with E-state index in [4.69, 9.17) is 5.11 Å². The molecule has 1 amide bonds. The molecule has 2 N–H and O–H groups in total. The lowest BCUT2D eigenvalue weighted by Gasteiger charge is -2.23. The van der Waals surface area contributed by atoms with Crippen molar-refractivity contribution in [3.8, 4) is 0 Å². The Morgan fingerprint density at radius 3 is 2.12 bits per heavy atom. The van der Waals surface area contributed by atoms with Crippen LogP contribution >= 0.6 is 11.8 Å². The molecule has 0 saturated carbocycles. The van der Waals surface area contributed by atoms with Crippen molar-refractivity contribution >= 4 is 23.6 Å². The van der Waals surface area contributed by atoms with Gasteiger partial charge in [0, 0.05) is 6.04 Å². The van der Waals surface area contributed by atoms with Crippen LogP contribution in [-0.4, -0.2) is 34.0 Å². The minimum Gasteiger partial charge on any atom is -0.481 e. The number of amides is 1. The van der Waals surface area contributed by atoms with Crippen molar-refractivity contribution in [2.24, 2.45) is 11.8 Å². The summed E-state index contributed by atoms with van der Waals surface area (Å²) >= 11 is 1.60. The zero-order valence-corrected chi connectivity index (χ0v) is 12.0. The van der Waals surface area contributed by atoms with Crippen molar-refractivity contribution in [2.45, 2.75) is 45.9 Å². The van der Waals surface area contributed by atoms with Gasteiger partial charge in [-0.15, -0.1) is 11.8 Å². The Labute approximate surface area is 108 Å². The van der Waals surface area contributed by atoms with E-state index in [2.05, 4.69) is 5.32 Å². The van der Waals surface area contributed by atoms with E-state index in [0.29, 0.717) is 0 Å². The highest BCUT2D eigenvalue weighted by Gasteiger charge is 2.26. The van der Waals surface area contributed by atoms with E-state index in [9.17, 15) is 9.59 Å². The molecule has 0 spiro atoms. The molecule has 100 valence electrons. The van der Waals surface area contributed by atoms with Gasteiger partial charge in [0.1, 0.15) is 0 Å². The topological polar surface area (TPSA) is 66.4 Å². The van der Waals surface area contributed by atoms with Crippen LogP contribution in [-0.2, 0) is 9.59 Å². The summed E-state index contributed by atoms with van der Waals surface area (Å²) in [4.78, 5) is 22.8.